The summed E-state index contributed by atoms with van der Waals surface area (Å²) < 4.78 is 0. The van der Waals surface area contributed by atoms with Crippen molar-refractivity contribution in [2.24, 2.45) is 5.73 Å². The molecule has 0 radical (unpaired) electrons. The van der Waals surface area contributed by atoms with E-state index >= 15 is 0 Å². The SMILES string of the molecule is NC(=S)c1ccc(CN2CCCNC(=O)C2)cc1. The molecule has 1 aromatic carbocycles. The molecule has 0 bridgehead atoms. The Kier molecular flexibility index (Phi) is 4.28. The fourth-order valence-electron chi connectivity index (χ4n) is 2.04. The molecule has 3 N–H and O–H groups in total. The Labute approximate surface area is 112 Å². The fourth-order valence-corrected chi connectivity index (χ4v) is 2.17. The number of rotatable bonds is 3. The molecule has 1 aliphatic heterocycles. The van der Waals surface area contributed by atoms with Gasteiger partial charge < -0.3 is 11.1 Å². The summed E-state index contributed by atoms with van der Waals surface area (Å²) in [5.74, 6) is 0.104. The molecule has 1 heterocycles. The van der Waals surface area contributed by atoms with E-state index in [4.69, 9.17) is 18.0 Å². The Hall–Kier alpha value is -1.46. The van der Waals surface area contributed by atoms with Crippen molar-refractivity contribution in [3.63, 3.8) is 0 Å². The van der Waals surface area contributed by atoms with Crippen molar-refractivity contribution in [2.75, 3.05) is 19.6 Å². The first kappa shape index (κ1) is 13.0. The standard InChI is InChI=1S/C13H17N3OS/c14-13(18)11-4-2-10(3-5-11)8-16-7-1-6-15-12(17)9-16/h2-5H,1,6-9H2,(H2,14,18)(H,15,17). The van der Waals surface area contributed by atoms with Gasteiger partial charge in [-0.15, -0.1) is 0 Å². The van der Waals surface area contributed by atoms with Crippen molar-refractivity contribution in [3.05, 3.63) is 35.4 Å². The van der Waals surface area contributed by atoms with Crippen LogP contribution in [-0.2, 0) is 11.3 Å². The topological polar surface area (TPSA) is 58.4 Å². The van der Waals surface area contributed by atoms with Gasteiger partial charge in [0, 0.05) is 25.2 Å². The van der Waals surface area contributed by atoms with Crippen LogP contribution in [0.25, 0.3) is 0 Å². The van der Waals surface area contributed by atoms with Gasteiger partial charge in [0.25, 0.3) is 0 Å². The van der Waals surface area contributed by atoms with Crippen LogP contribution in [0.4, 0.5) is 0 Å². The molecule has 0 spiro atoms. The number of carbonyl (C=O) groups is 1. The number of nitrogens with zero attached hydrogens (tertiary/aromatic N) is 1. The maximum absolute atomic E-state index is 11.4. The van der Waals surface area contributed by atoms with Crippen molar-refractivity contribution in [1.29, 1.82) is 0 Å². The molecule has 0 aliphatic carbocycles. The Morgan fingerprint density at radius 3 is 2.78 bits per heavy atom. The molecule has 1 fully saturated rings. The van der Waals surface area contributed by atoms with Crippen molar-refractivity contribution >= 4 is 23.1 Å². The summed E-state index contributed by atoms with van der Waals surface area (Å²) in [6.07, 6.45) is 0.997. The summed E-state index contributed by atoms with van der Waals surface area (Å²) in [7, 11) is 0. The minimum atomic E-state index is 0.104. The number of carbonyl (C=O) groups excluding carboxylic acids is 1. The molecule has 18 heavy (non-hydrogen) atoms. The van der Waals surface area contributed by atoms with E-state index in [0.717, 1.165) is 31.6 Å². The minimum Gasteiger partial charge on any atom is -0.389 e. The summed E-state index contributed by atoms with van der Waals surface area (Å²) in [5.41, 5.74) is 7.60. The molecule has 0 unspecified atom stereocenters. The lowest BCUT2D eigenvalue weighted by molar-refractivity contribution is -0.121. The summed E-state index contributed by atoms with van der Waals surface area (Å²) in [6, 6.07) is 7.87. The smallest absolute Gasteiger partial charge is 0.234 e. The summed E-state index contributed by atoms with van der Waals surface area (Å²) in [6.45, 7) is 2.97. The molecular formula is C13H17N3OS. The van der Waals surface area contributed by atoms with E-state index in [2.05, 4.69) is 10.2 Å². The summed E-state index contributed by atoms with van der Waals surface area (Å²) >= 11 is 4.91. The van der Waals surface area contributed by atoms with E-state index in [-0.39, 0.29) is 5.91 Å². The maximum Gasteiger partial charge on any atom is 0.234 e. The number of nitrogens with one attached hydrogen (secondary N) is 1. The van der Waals surface area contributed by atoms with Gasteiger partial charge in [-0.1, -0.05) is 36.5 Å². The molecule has 1 saturated heterocycles. The van der Waals surface area contributed by atoms with Crippen molar-refractivity contribution < 1.29 is 4.79 Å². The molecule has 0 saturated carbocycles. The van der Waals surface area contributed by atoms with Gasteiger partial charge in [0.2, 0.25) is 5.91 Å². The van der Waals surface area contributed by atoms with Crippen LogP contribution < -0.4 is 11.1 Å². The summed E-state index contributed by atoms with van der Waals surface area (Å²) in [5, 5.41) is 2.87. The normalized spacial score (nSPS) is 17.0. The van der Waals surface area contributed by atoms with Crippen LogP contribution in [0.2, 0.25) is 0 Å². The molecule has 1 aliphatic rings. The predicted molar refractivity (Wildman–Crippen MR) is 75.2 cm³/mol. The predicted octanol–water partition coefficient (Wildman–Crippen LogP) is 0.643. The third-order valence-electron chi connectivity index (χ3n) is 2.99. The lowest BCUT2D eigenvalue weighted by Crippen LogP contribution is -2.32. The molecule has 4 nitrogen and oxygen atoms in total. The Morgan fingerprint density at radius 2 is 2.11 bits per heavy atom. The number of amides is 1. The molecule has 5 heteroatoms. The van der Waals surface area contributed by atoms with E-state index in [0.29, 0.717) is 11.5 Å². The average molecular weight is 263 g/mol. The van der Waals surface area contributed by atoms with Crippen LogP contribution in [0.1, 0.15) is 17.5 Å². The molecule has 1 amide bonds. The number of hydrogen-bond donors (Lipinski definition) is 2. The van der Waals surface area contributed by atoms with Crippen molar-refractivity contribution in [1.82, 2.24) is 10.2 Å². The molecule has 0 aromatic heterocycles. The van der Waals surface area contributed by atoms with Crippen LogP contribution in [-0.4, -0.2) is 35.4 Å². The highest BCUT2D eigenvalue weighted by Gasteiger charge is 2.14. The molecule has 2 rings (SSSR count). The van der Waals surface area contributed by atoms with Gasteiger partial charge in [-0.25, -0.2) is 0 Å². The zero-order valence-electron chi connectivity index (χ0n) is 10.2. The van der Waals surface area contributed by atoms with E-state index in [1.165, 1.54) is 5.56 Å². The van der Waals surface area contributed by atoms with Crippen LogP contribution in [0.3, 0.4) is 0 Å². The molecular weight excluding hydrogens is 246 g/mol. The van der Waals surface area contributed by atoms with E-state index in [1.807, 2.05) is 24.3 Å². The number of hydrogen-bond acceptors (Lipinski definition) is 3. The summed E-state index contributed by atoms with van der Waals surface area (Å²) in [4.78, 5) is 14.0. The largest absolute Gasteiger partial charge is 0.389 e. The van der Waals surface area contributed by atoms with Crippen molar-refractivity contribution in [3.8, 4) is 0 Å². The van der Waals surface area contributed by atoms with Crippen LogP contribution in [0.15, 0.2) is 24.3 Å². The second kappa shape index (κ2) is 5.93. The quantitative estimate of drug-likeness (QED) is 0.786. The lowest BCUT2D eigenvalue weighted by atomic mass is 10.1. The first-order valence-electron chi connectivity index (χ1n) is 6.03. The third-order valence-corrected chi connectivity index (χ3v) is 3.22. The Morgan fingerprint density at radius 1 is 1.39 bits per heavy atom. The monoisotopic (exact) mass is 263 g/mol. The average Bonchev–Trinajstić information content (AvgIpc) is 2.54. The highest BCUT2D eigenvalue weighted by molar-refractivity contribution is 7.80. The van der Waals surface area contributed by atoms with E-state index in [1.54, 1.807) is 0 Å². The molecule has 1 aromatic rings. The maximum atomic E-state index is 11.4. The van der Waals surface area contributed by atoms with Gasteiger partial charge in [-0.2, -0.15) is 0 Å². The van der Waals surface area contributed by atoms with Gasteiger partial charge in [-0.05, 0) is 12.0 Å². The highest BCUT2D eigenvalue weighted by atomic mass is 32.1. The van der Waals surface area contributed by atoms with Crippen molar-refractivity contribution in [2.45, 2.75) is 13.0 Å². The Bertz CT molecular complexity index is 444. The van der Waals surface area contributed by atoms with Crippen LogP contribution in [0, 0.1) is 0 Å². The fraction of sp³-hybridized carbons (Fsp3) is 0.385. The number of nitrogens with two attached hydrogens (primary N) is 1. The Balaban J connectivity index is 1.99. The van der Waals surface area contributed by atoms with E-state index < -0.39 is 0 Å². The number of thiocarbonyl (C=S) groups is 1. The number of benzene rings is 1. The van der Waals surface area contributed by atoms with Gasteiger partial charge in [0.1, 0.15) is 4.99 Å². The van der Waals surface area contributed by atoms with Crippen LogP contribution in [0.5, 0.6) is 0 Å². The first-order chi connectivity index (χ1) is 8.65. The zero-order valence-corrected chi connectivity index (χ0v) is 11.0. The van der Waals surface area contributed by atoms with Gasteiger partial charge in [0.15, 0.2) is 0 Å². The lowest BCUT2D eigenvalue weighted by Gasteiger charge is -2.18. The zero-order chi connectivity index (χ0) is 13.0. The second-order valence-electron chi connectivity index (χ2n) is 4.48. The molecule has 96 valence electrons. The van der Waals surface area contributed by atoms with Gasteiger partial charge in [0.05, 0.1) is 6.54 Å². The van der Waals surface area contributed by atoms with Crippen LogP contribution >= 0.6 is 12.2 Å². The minimum absolute atomic E-state index is 0.104. The second-order valence-corrected chi connectivity index (χ2v) is 4.92. The first-order valence-corrected chi connectivity index (χ1v) is 6.44. The molecule has 0 atom stereocenters. The highest BCUT2D eigenvalue weighted by Crippen LogP contribution is 2.09. The van der Waals surface area contributed by atoms with Gasteiger partial charge in [-0.3, -0.25) is 9.69 Å². The third kappa shape index (κ3) is 3.51. The van der Waals surface area contributed by atoms with E-state index in [9.17, 15) is 4.79 Å². The van der Waals surface area contributed by atoms with Gasteiger partial charge >= 0.3 is 0 Å².